The predicted octanol–water partition coefficient (Wildman–Crippen LogP) is 1.75. The molecule has 0 spiro atoms. The highest BCUT2D eigenvalue weighted by Crippen LogP contribution is 2.14. The fraction of sp³-hybridized carbons (Fsp3) is 0.667. The summed E-state index contributed by atoms with van der Waals surface area (Å²) in [5, 5.41) is 13.3. The molecule has 0 aromatic heterocycles. The summed E-state index contributed by atoms with van der Waals surface area (Å²) in [7, 11) is 5.79. The second-order valence-corrected chi connectivity index (χ2v) is 7.05. The second-order valence-electron chi connectivity index (χ2n) is 7.05. The molecule has 1 unspecified atom stereocenters. The van der Waals surface area contributed by atoms with Crippen molar-refractivity contribution in [2.24, 2.45) is 5.41 Å². The molecular weight excluding hydrogens is 292 g/mol. The summed E-state index contributed by atoms with van der Waals surface area (Å²) in [6, 6.07) is 7.74. The SMILES string of the molecule is COc1ccc(COCC(O)CNCC(C)(C)CN(C)C)cc1. The summed E-state index contributed by atoms with van der Waals surface area (Å²) in [5.41, 5.74) is 1.24. The van der Waals surface area contributed by atoms with E-state index in [0.717, 1.165) is 24.4 Å². The molecule has 0 saturated heterocycles. The maximum absolute atomic E-state index is 9.97. The first-order valence-electron chi connectivity index (χ1n) is 8.06. The van der Waals surface area contributed by atoms with E-state index in [1.165, 1.54) is 0 Å². The standard InChI is InChI=1S/C18H32N2O3/c1-18(2,14-20(3)4)13-19-10-16(21)12-23-11-15-6-8-17(22-5)9-7-15/h6-9,16,19,21H,10-14H2,1-5H3. The van der Waals surface area contributed by atoms with Gasteiger partial charge in [0.2, 0.25) is 0 Å². The zero-order chi connectivity index (χ0) is 17.3. The molecule has 0 saturated carbocycles. The fourth-order valence-corrected chi connectivity index (χ4v) is 2.58. The van der Waals surface area contributed by atoms with Gasteiger partial charge >= 0.3 is 0 Å². The number of rotatable bonds is 11. The number of hydrogen-bond donors (Lipinski definition) is 2. The number of methoxy groups -OCH3 is 1. The predicted molar refractivity (Wildman–Crippen MR) is 93.9 cm³/mol. The highest BCUT2D eigenvalue weighted by atomic mass is 16.5. The van der Waals surface area contributed by atoms with Crippen LogP contribution < -0.4 is 10.1 Å². The molecule has 0 amide bonds. The topological polar surface area (TPSA) is 54.0 Å². The third kappa shape index (κ3) is 8.91. The van der Waals surface area contributed by atoms with Crippen molar-refractivity contribution in [3.05, 3.63) is 29.8 Å². The van der Waals surface area contributed by atoms with E-state index in [1.807, 2.05) is 24.3 Å². The molecule has 2 N–H and O–H groups in total. The van der Waals surface area contributed by atoms with E-state index >= 15 is 0 Å². The molecule has 0 radical (unpaired) electrons. The molecule has 23 heavy (non-hydrogen) atoms. The van der Waals surface area contributed by atoms with Crippen molar-refractivity contribution in [1.29, 1.82) is 0 Å². The molecule has 0 aliphatic heterocycles. The molecule has 1 aromatic rings. The number of ether oxygens (including phenoxy) is 2. The van der Waals surface area contributed by atoms with Gasteiger partial charge in [0.15, 0.2) is 0 Å². The molecule has 132 valence electrons. The van der Waals surface area contributed by atoms with Gasteiger partial charge in [-0.25, -0.2) is 0 Å². The highest BCUT2D eigenvalue weighted by Gasteiger charge is 2.18. The van der Waals surface area contributed by atoms with Gasteiger partial charge in [-0.1, -0.05) is 26.0 Å². The van der Waals surface area contributed by atoms with E-state index in [9.17, 15) is 5.11 Å². The normalized spacial score (nSPS) is 13.3. The van der Waals surface area contributed by atoms with Crippen molar-refractivity contribution < 1.29 is 14.6 Å². The van der Waals surface area contributed by atoms with Crippen LogP contribution in [0.25, 0.3) is 0 Å². The van der Waals surface area contributed by atoms with Crippen molar-refractivity contribution in [2.45, 2.75) is 26.6 Å². The first kappa shape index (κ1) is 19.9. The quantitative estimate of drug-likeness (QED) is 0.649. The average molecular weight is 324 g/mol. The Kier molecular flexibility index (Phi) is 8.55. The van der Waals surface area contributed by atoms with Crippen LogP contribution in [0.5, 0.6) is 5.75 Å². The monoisotopic (exact) mass is 324 g/mol. The van der Waals surface area contributed by atoms with Gasteiger partial charge in [-0.2, -0.15) is 0 Å². The minimum absolute atomic E-state index is 0.174. The largest absolute Gasteiger partial charge is 0.497 e. The zero-order valence-electron chi connectivity index (χ0n) is 15.1. The summed E-state index contributed by atoms with van der Waals surface area (Å²) in [5.74, 6) is 0.832. The highest BCUT2D eigenvalue weighted by molar-refractivity contribution is 5.26. The fourth-order valence-electron chi connectivity index (χ4n) is 2.58. The van der Waals surface area contributed by atoms with Crippen LogP contribution in [0.15, 0.2) is 24.3 Å². The molecular formula is C18H32N2O3. The third-order valence-electron chi connectivity index (χ3n) is 3.47. The number of aliphatic hydroxyl groups excluding tert-OH is 1. The number of aliphatic hydroxyl groups is 1. The molecule has 1 aromatic carbocycles. The summed E-state index contributed by atoms with van der Waals surface area (Å²) < 4.78 is 10.7. The first-order valence-corrected chi connectivity index (χ1v) is 8.06. The van der Waals surface area contributed by atoms with Gasteiger partial charge < -0.3 is 24.8 Å². The van der Waals surface area contributed by atoms with Gasteiger partial charge in [-0.05, 0) is 37.2 Å². The zero-order valence-corrected chi connectivity index (χ0v) is 15.1. The van der Waals surface area contributed by atoms with Crippen LogP contribution >= 0.6 is 0 Å². The molecule has 0 aliphatic rings. The van der Waals surface area contributed by atoms with Crippen LogP contribution in [-0.4, -0.2) is 63.6 Å². The minimum atomic E-state index is -0.497. The van der Waals surface area contributed by atoms with Gasteiger partial charge in [-0.15, -0.1) is 0 Å². The van der Waals surface area contributed by atoms with Crippen LogP contribution in [0.2, 0.25) is 0 Å². The lowest BCUT2D eigenvalue weighted by Gasteiger charge is -2.29. The number of hydrogen-bond acceptors (Lipinski definition) is 5. The van der Waals surface area contributed by atoms with E-state index in [2.05, 4.69) is 38.2 Å². The van der Waals surface area contributed by atoms with Crippen LogP contribution in [0.4, 0.5) is 0 Å². The lowest BCUT2D eigenvalue weighted by molar-refractivity contribution is 0.0276. The number of nitrogens with zero attached hydrogens (tertiary/aromatic N) is 1. The van der Waals surface area contributed by atoms with Gasteiger partial charge in [0.05, 0.1) is 26.4 Å². The van der Waals surface area contributed by atoms with E-state index in [1.54, 1.807) is 7.11 Å². The summed E-state index contributed by atoms with van der Waals surface area (Å²) in [6.45, 7) is 7.66. The lowest BCUT2D eigenvalue weighted by atomic mass is 9.93. The molecule has 0 fully saturated rings. The van der Waals surface area contributed by atoms with Gasteiger partial charge in [0.1, 0.15) is 5.75 Å². The molecule has 1 rings (SSSR count). The van der Waals surface area contributed by atoms with Crippen LogP contribution in [-0.2, 0) is 11.3 Å². The average Bonchev–Trinajstić information content (AvgIpc) is 2.46. The van der Waals surface area contributed by atoms with Gasteiger partial charge in [0.25, 0.3) is 0 Å². The van der Waals surface area contributed by atoms with Crippen molar-refractivity contribution in [3.8, 4) is 5.75 Å². The Labute approximate surface area is 140 Å². The Morgan fingerprint density at radius 2 is 1.87 bits per heavy atom. The van der Waals surface area contributed by atoms with Crippen molar-refractivity contribution in [1.82, 2.24) is 10.2 Å². The maximum atomic E-state index is 9.97. The molecule has 5 heteroatoms. The number of nitrogens with one attached hydrogen (secondary N) is 1. The van der Waals surface area contributed by atoms with E-state index in [4.69, 9.17) is 9.47 Å². The van der Waals surface area contributed by atoms with Crippen molar-refractivity contribution in [2.75, 3.05) is 47.4 Å². The van der Waals surface area contributed by atoms with Crippen molar-refractivity contribution >= 4 is 0 Å². The van der Waals surface area contributed by atoms with Gasteiger partial charge in [-0.3, -0.25) is 0 Å². The summed E-state index contributed by atoms with van der Waals surface area (Å²) in [4.78, 5) is 2.18. The minimum Gasteiger partial charge on any atom is -0.497 e. The maximum Gasteiger partial charge on any atom is 0.118 e. The third-order valence-corrected chi connectivity index (χ3v) is 3.47. The molecule has 0 aliphatic carbocycles. The van der Waals surface area contributed by atoms with E-state index in [0.29, 0.717) is 19.8 Å². The smallest absolute Gasteiger partial charge is 0.118 e. The summed E-state index contributed by atoms with van der Waals surface area (Å²) in [6.07, 6.45) is -0.497. The lowest BCUT2D eigenvalue weighted by Crippen LogP contribution is -2.40. The Balaban J connectivity index is 2.17. The summed E-state index contributed by atoms with van der Waals surface area (Å²) >= 11 is 0. The molecule has 0 bridgehead atoms. The number of benzene rings is 1. The van der Waals surface area contributed by atoms with Crippen LogP contribution in [0, 0.1) is 5.41 Å². The molecule has 5 nitrogen and oxygen atoms in total. The Hall–Kier alpha value is -1.14. The second kappa shape index (κ2) is 9.88. The first-order chi connectivity index (χ1) is 10.8. The van der Waals surface area contributed by atoms with Gasteiger partial charge in [0, 0.05) is 19.6 Å². The Bertz CT molecular complexity index is 432. The van der Waals surface area contributed by atoms with Crippen LogP contribution in [0.3, 0.4) is 0 Å². The van der Waals surface area contributed by atoms with E-state index in [-0.39, 0.29) is 5.41 Å². The van der Waals surface area contributed by atoms with Crippen LogP contribution in [0.1, 0.15) is 19.4 Å². The Morgan fingerprint density at radius 1 is 1.22 bits per heavy atom. The van der Waals surface area contributed by atoms with Crippen molar-refractivity contribution in [3.63, 3.8) is 0 Å². The Morgan fingerprint density at radius 3 is 2.43 bits per heavy atom. The molecule has 0 heterocycles. The molecule has 1 atom stereocenters. The van der Waals surface area contributed by atoms with E-state index < -0.39 is 6.10 Å².